The van der Waals surface area contributed by atoms with Gasteiger partial charge in [-0.1, -0.05) is 32.3 Å². The summed E-state index contributed by atoms with van der Waals surface area (Å²) in [5.41, 5.74) is 9.70. The molecule has 254 valence electrons. The van der Waals surface area contributed by atoms with E-state index in [1.807, 2.05) is 18.2 Å². The van der Waals surface area contributed by atoms with Gasteiger partial charge in [0.15, 0.2) is 0 Å². The number of carboxylic acid groups (broad SMARTS) is 1. The summed E-state index contributed by atoms with van der Waals surface area (Å²) in [4.78, 5) is 22.7. The lowest BCUT2D eigenvalue weighted by Crippen LogP contribution is -2.37. The van der Waals surface area contributed by atoms with Crippen molar-refractivity contribution in [3.63, 3.8) is 0 Å². The number of hydrogen-bond donors (Lipinski definition) is 1. The van der Waals surface area contributed by atoms with Crippen LogP contribution < -0.4 is 9.64 Å². The van der Waals surface area contributed by atoms with Gasteiger partial charge in [0.05, 0.1) is 35.3 Å². The van der Waals surface area contributed by atoms with Crippen molar-refractivity contribution in [3.8, 4) is 28.3 Å². The third-order valence-corrected chi connectivity index (χ3v) is 11.6. The molecule has 8 rings (SSSR count). The number of likely N-dealkylation sites (tertiary alicyclic amines) is 1. The van der Waals surface area contributed by atoms with E-state index in [0.717, 1.165) is 60.6 Å². The van der Waals surface area contributed by atoms with Crippen molar-refractivity contribution in [3.05, 3.63) is 77.9 Å². The number of pyridine rings is 1. The van der Waals surface area contributed by atoms with Crippen molar-refractivity contribution in [2.45, 2.75) is 70.8 Å². The Morgan fingerprint density at radius 3 is 2.49 bits per heavy atom. The van der Waals surface area contributed by atoms with Crippen LogP contribution in [0.2, 0.25) is 0 Å². The van der Waals surface area contributed by atoms with Gasteiger partial charge in [-0.05, 0) is 123 Å². The van der Waals surface area contributed by atoms with Crippen molar-refractivity contribution >= 4 is 33.5 Å². The molecule has 1 aliphatic carbocycles. The average molecular weight is 657 g/mol. The van der Waals surface area contributed by atoms with Crippen LogP contribution in [-0.2, 0) is 6.54 Å². The maximum absolute atomic E-state index is 12.2. The van der Waals surface area contributed by atoms with Crippen LogP contribution >= 0.6 is 0 Å². The Morgan fingerprint density at radius 2 is 1.71 bits per heavy atom. The number of piperidine rings is 1. The zero-order valence-electron chi connectivity index (χ0n) is 29.0. The second-order valence-corrected chi connectivity index (χ2v) is 14.4. The Morgan fingerprint density at radius 1 is 0.898 bits per heavy atom. The predicted octanol–water partition coefficient (Wildman–Crippen LogP) is 9.22. The van der Waals surface area contributed by atoms with Crippen molar-refractivity contribution < 1.29 is 14.6 Å². The molecule has 1 unspecified atom stereocenters. The highest BCUT2D eigenvalue weighted by molar-refractivity contribution is 6.05. The van der Waals surface area contributed by atoms with Crippen molar-refractivity contribution in [1.82, 2.24) is 14.5 Å². The van der Waals surface area contributed by atoms with Gasteiger partial charge in [0.2, 0.25) is 0 Å². The first-order valence-electron chi connectivity index (χ1n) is 18.5. The smallest absolute Gasteiger partial charge is 0.335 e. The summed E-state index contributed by atoms with van der Waals surface area (Å²) in [6.45, 7) is 8.50. The quantitative estimate of drug-likeness (QED) is 0.180. The highest BCUT2D eigenvalue weighted by Crippen LogP contribution is 2.49. The Bertz CT molecular complexity index is 1990. The highest BCUT2D eigenvalue weighted by Gasteiger charge is 2.32. The van der Waals surface area contributed by atoms with Crippen LogP contribution in [0.3, 0.4) is 0 Å². The third kappa shape index (κ3) is 5.96. The number of aromatic nitrogens is 2. The first kappa shape index (κ1) is 31.9. The van der Waals surface area contributed by atoms with Crippen LogP contribution in [-0.4, -0.2) is 65.4 Å². The fraction of sp³-hybridized carbons (Fsp3) is 0.429. The Balaban J connectivity index is 1.29. The fourth-order valence-corrected chi connectivity index (χ4v) is 9.05. The molecule has 0 radical (unpaired) electrons. The van der Waals surface area contributed by atoms with Crippen LogP contribution in [0.4, 0.5) is 5.69 Å². The summed E-state index contributed by atoms with van der Waals surface area (Å²) in [6, 6.07) is 22.9. The molecule has 1 N–H and O–H groups in total. The monoisotopic (exact) mass is 656 g/mol. The highest BCUT2D eigenvalue weighted by atomic mass is 16.5. The van der Waals surface area contributed by atoms with Gasteiger partial charge in [0, 0.05) is 53.6 Å². The summed E-state index contributed by atoms with van der Waals surface area (Å²) in [7, 11) is 1.69. The molecular formula is C42H48N4O3. The number of benzene rings is 3. The number of hydrogen-bond acceptors (Lipinski definition) is 5. The molecule has 3 aliphatic rings. The molecule has 0 spiro atoms. The summed E-state index contributed by atoms with van der Waals surface area (Å²) >= 11 is 0. The van der Waals surface area contributed by atoms with Crippen LogP contribution in [0.5, 0.6) is 5.75 Å². The predicted molar refractivity (Wildman–Crippen MR) is 199 cm³/mol. The summed E-state index contributed by atoms with van der Waals surface area (Å²) in [5.74, 6) is 1.14. The molecule has 1 atom stereocenters. The SMILES string of the molecule is CCN1CCCC(CCN2CCn3c(c(C4CCCCC4)c4ccc(C(=O)O)cc43)-c3ccc4nc(-c5ccc(OC)cc5)ccc4c32)C1. The minimum atomic E-state index is -0.870. The molecule has 2 fully saturated rings. The maximum Gasteiger partial charge on any atom is 0.335 e. The Kier molecular flexibility index (Phi) is 8.79. The van der Waals surface area contributed by atoms with Gasteiger partial charge in [-0.25, -0.2) is 9.78 Å². The summed E-state index contributed by atoms with van der Waals surface area (Å²) in [5, 5.41) is 12.4. The zero-order valence-corrected chi connectivity index (χ0v) is 29.0. The molecule has 2 aromatic heterocycles. The lowest BCUT2D eigenvalue weighted by atomic mass is 9.81. The van der Waals surface area contributed by atoms with Crippen LogP contribution in [0.25, 0.3) is 44.3 Å². The minimum absolute atomic E-state index is 0.357. The van der Waals surface area contributed by atoms with Gasteiger partial charge in [-0.15, -0.1) is 0 Å². The van der Waals surface area contributed by atoms with E-state index in [-0.39, 0.29) is 0 Å². The van der Waals surface area contributed by atoms with E-state index in [0.29, 0.717) is 17.4 Å². The van der Waals surface area contributed by atoms with Crippen LogP contribution in [0, 0.1) is 5.92 Å². The lowest BCUT2D eigenvalue weighted by Gasteiger charge is -2.34. The van der Waals surface area contributed by atoms with E-state index in [1.54, 1.807) is 13.2 Å². The molecule has 49 heavy (non-hydrogen) atoms. The van der Waals surface area contributed by atoms with E-state index in [9.17, 15) is 9.90 Å². The second-order valence-electron chi connectivity index (χ2n) is 14.4. The first-order valence-corrected chi connectivity index (χ1v) is 18.5. The first-order chi connectivity index (χ1) is 24.0. The van der Waals surface area contributed by atoms with Gasteiger partial charge in [0.1, 0.15) is 5.75 Å². The van der Waals surface area contributed by atoms with Crippen molar-refractivity contribution in [2.24, 2.45) is 5.92 Å². The number of fused-ring (bicyclic) bond motifs is 7. The molecule has 2 aliphatic heterocycles. The van der Waals surface area contributed by atoms with E-state index in [1.165, 1.54) is 91.3 Å². The van der Waals surface area contributed by atoms with Gasteiger partial charge in [-0.2, -0.15) is 0 Å². The molecule has 1 saturated carbocycles. The maximum atomic E-state index is 12.2. The van der Waals surface area contributed by atoms with E-state index >= 15 is 0 Å². The van der Waals surface area contributed by atoms with Gasteiger partial charge < -0.3 is 24.2 Å². The normalized spacial score (nSPS) is 18.7. The topological polar surface area (TPSA) is 70.8 Å². The Labute approximate surface area is 289 Å². The molecule has 5 aromatic rings. The zero-order chi connectivity index (χ0) is 33.5. The van der Waals surface area contributed by atoms with Crippen molar-refractivity contribution in [1.29, 1.82) is 0 Å². The van der Waals surface area contributed by atoms with Crippen LogP contribution in [0.15, 0.2) is 66.7 Å². The number of carbonyl (C=O) groups is 1. The number of aromatic carboxylic acids is 1. The number of anilines is 1. The number of ether oxygens (including phenoxy) is 1. The number of nitrogens with zero attached hydrogens (tertiary/aromatic N) is 4. The van der Waals surface area contributed by atoms with E-state index in [2.05, 4.69) is 63.8 Å². The lowest BCUT2D eigenvalue weighted by molar-refractivity contribution is 0.0697. The fourth-order valence-electron chi connectivity index (χ4n) is 9.05. The number of methoxy groups -OCH3 is 1. The molecule has 7 nitrogen and oxygen atoms in total. The molecule has 1 saturated heterocycles. The third-order valence-electron chi connectivity index (χ3n) is 11.6. The van der Waals surface area contributed by atoms with E-state index < -0.39 is 5.97 Å². The van der Waals surface area contributed by atoms with E-state index in [4.69, 9.17) is 9.72 Å². The Hall–Kier alpha value is -4.36. The van der Waals surface area contributed by atoms with Gasteiger partial charge >= 0.3 is 5.97 Å². The van der Waals surface area contributed by atoms with Crippen LogP contribution in [0.1, 0.15) is 80.1 Å². The number of carboxylic acids is 1. The molecule has 0 bridgehead atoms. The number of rotatable bonds is 8. The minimum Gasteiger partial charge on any atom is -0.497 e. The summed E-state index contributed by atoms with van der Waals surface area (Å²) < 4.78 is 7.87. The molecule has 4 heterocycles. The van der Waals surface area contributed by atoms with Gasteiger partial charge in [0.25, 0.3) is 0 Å². The van der Waals surface area contributed by atoms with Crippen molar-refractivity contribution in [2.75, 3.05) is 44.7 Å². The standard InChI is InChI=1S/C42H48N4O3/c1-3-44-22-7-8-28(27-44)21-23-45-24-25-46-38-26-31(42(47)48)13-16-34(38)39(30-9-5-4-6-10-30)41(46)35-18-20-37-33(40(35)45)17-19-36(43-37)29-11-14-32(49-2)15-12-29/h11-20,26,28,30H,3-10,21-25,27H2,1-2H3,(H,47,48). The molecule has 7 heteroatoms. The van der Waals surface area contributed by atoms with Gasteiger partial charge in [-0.3, -0.25) is 0 Å². The molecular weight excluding hydrogens is 608 g/mol. The molecule has 0 amide bonds. The average Bonchev–Trinajstić information content (AvgIpc) is 3.38. The molecule has 3 aromatic carbocycles. The second kappa shape index (κ2) is 13.5. The largest absolute Gasteiger partial charge is 0.497 e. The summed E-state index contributed by atoms with van der Waals surface area (Å²) in [6.07, 6.45) is 9.89.